The SMILES string of the molecule is CC/C=C\C/C=C\C/C=C\C/C=C\C/C=C\CCCC(=O)OCC(COP(=O)(O)OCC[N+](C)(C)C)O/C=C\CCCCCC/C=C\CCCCCCCC. The second-order valence-electron chi connectivity index (χ2n) is 15.0. The van der Waals surface area contributed by atoms with Crippen molar-refractivity contribution in [3.8, 4) is 0 Å². The number of phosphoric acid groups is 1. The van der Waals surface area contributed by atoms with Gasteiger partial charge in [-0.2, -0.15) is 0 Å². The predicted molar refractivity (Wildman–Crippen MR) is 233 cm³/mol. The van der Waals surface area contributed by atoms with Crippen LogP contribution in [-0.2, 0) is 27.9 Å². The van der Waals surface area contributed by atoms with Gasteiger partial charge in [-0.25, -0.2) is 4.57 Å². The Morgan fingerprint density at radius 1 is 0.600 bits per heavy atom. The smallest absolute Gasteiger partial charge is 0.472 e. The van der Waals surface area contributed by atoms with Crippen LogP contribution in [0.2, 0.25) is 0 Å². The van der Waals surface area contributed by atoms with Crippen LogP contribution in [0.5, 0.6) is 0 Å². The van der Waals surface area contributed by atoms with E-state index in [9.17, 15) is 14.3 Å². The number of unbranched alkanes of at least 4 members (excludes halogenated alkanes) is 12. The highest BCUT2D eigenvalue weighted by Gasteiger charge is 2.25. The van der Waals surface area contributed by atoms with E-state index in [1.807, 2.05) is 27.2 Å². The summed E-state index contributed by atoms with van der Waals surface area (Å²) in [5, 5.41) is 0. The summed E-state index contributed by atoms with van der Waals surface area (Å²) < 4.78 is 34.7. The Hall–Kier alpha value is -2.48. The average molecular weight is 791 g/mol. The molecule has 0 heterocycles. The molecule has 2 atom stereocenters. The molecule has 0 aliphatic heterocycles. The topological polar surface area (TPSA) is 91.3 Å². The van der Waals surface area contributed by atoms with E-state index in [-0.39, 0.29) is 32.2 Å². The standard InChI is InChI=1S/C46H80NO7P/c1-6-8-10-12-14-16-18-20-22-24-25-27-29-31-33-35-37-39-46(48)52-43-45(44-54-55(49,50)53-42-40-47(3,4)5)51-41-38-36-34-32-30-28-26-23-21-19-17-15-13-11-9-7-2/h8,10,14,16,20-23,25,27,31,33,38,41,45H,6-7,9,11-13,15,17-19,24,26,28-30,32,34-37,39-40,42-44H2,1-5H3/p+1/b10-8-,16-14-,22-20-,23-21-,27-25-,33-31-,41-38-. The number of hydrogen-bond acceptors (Lipinski definition) is 6. The number of carbonyl (C=O) groups excluding carboxylic acids is 1. The molecule has 0 aromatic carbocycles. The summed E-state index contributed by atoms with van der Waals surface area (Å²) >= 11 is 0. The molecule has 0 aromatic rings. The van der Waals surface area contributed by atoms with E-state index in [2.05, 4.69) is 86.8 Å². The van der Waals surface area contributed by atoms with E-state index in [4.69, 9.17) is 18.5 Å². The number of allylic oxidation sites excluding steroid dienone is 13. The molecule has 0 saturated carbocycles. The fourth-order valence-electron chi connectivity index (χ4n) is 5.15. The number of nitrogens with zero attached hydrogens (tertiary/aromatic N) is 1. The third-order valence-electron chi connectivity index (χ3n) is 8.53. The maximum absolute atomic E-state index is 12.5. The van der Waals surface area contributed by atoms with Crippen molar-refractivity contribution < 1.29 is 37.3 Å². The van der Waals surface area contributed by atoms with Crippen LogP contribution >= 0.6 is 7.82 Å². The Balaban J connectivity index is 4.44. The number of ether oxygens (including phenoxy) is 2. The fourth-order valence-corrected chi connectivity index (χ4v) is 5.89. The van der Waals surface area contributed by atoms with E-state index in [0.717, 1.165) is 64.2 Å². The maximum atomic E-state index is 12.5. The predicted octanol–water partition coefficient (Wildman–Crippen LogP) is 12.8. The minimum Gasteiger partial charge on any atom is -0.492 e. The fraction of sp³-hybridized carbons (Fsp3) is 0.674. The summed E-state index contributed by atoms with van der Waals surface area (Å²) in [7, 11) is 1.62. The van der Waals surface area contributed by atoms with Crippen LogP contribution < -0.4 is 0 Å². The molecule has 0 rings (SSSR count). The highest BCUT2D eigenvalue weighted by atomic mass is 31.2. The van der Waals surface area contributed by atoms with Gasteiger partial charge in [0.05, 0.1) is 34.0 Å². The molecule has 0 spiro atoms. The largest absolute Gasteiger partial charge is 0.492 e. The van der Waals surface area contributed by atoms with E-state index >= 15 is 0 Å². The van der Waals surface area contributed by atoms with Crippen molar-refractivity contribution >= 4 is 13.8 Å². The minimum absolute atomic E-state index is 0.0745. The zero-order valence-electron chi connectivity index (χ0n) is 35.6. The molecule has 2 unspecified atom stereocenters. The zero-order chi connectivity index (χ0) is 40.6. The number of quaternary nitrogens is 1. The normalized spacial score (nSPS) is 14.6. The van der Waals surface area contributed by atoms with Crippen LogP contribution in [0.3, 0.4) is 0 Å². The molecule has 0 saturated heterocycles. The van der Waals surface area contributed by atoms with Gasteiger partial charge in [-0.15, -0.1) is 0 Å². The average Bonchev–Trinajstić information content (AvgIpc) is 3.14. The molecule has 316 valence electrons. The van der Waals surface area contributed by atoms with E-state index in [1.165, 1.54) is 57.8 Å². The van der Waals surface area contributed by atoms with Crippen LogP contribution in [0.15, 0.2) is 85.3 Å². The summed E-state index contributed by atoms with van der Waals surface area (Å²) in [4.78, 5) is 22.6. The zero-order valence-corrected chi connectivity index (χ0v) is 36.5. The van der Waals surface area contributed by atoms with Gasteiger partial charge in [0.1, 0.15) is 19.8 Å². The van der Waals surface area contributed by atoms with E-state index in [0.29, 0.717) is 17.4 Å². The lowest BCUT2D eigenvalue weighted by Gasteiger charge is -2.24. The molecule has 0 fully saturated rings. The molecule has 0 radical (unpaired) electrons. The van der Waals surface area contributed by atoms with Crippen LogP contribution in [0.25, 0.3) is 0 Å². The molecule has 8 nitrogen and oxygen atoms in total. The van der Waals surface area contributed by atoms with Crippen molar-refractivity contribution in [3.63, 3.8) is 0 Å². The second kappa shape index (κ2) is 38.4. The van der Waals surface area contributed by atoms with Crippen molar-refractivity contribution in [2.24, 2.45) is 0 Å². The Morgan fingerprint density at radius 2 is 1.07 bits per heavy atom. The molecule has 0 amide bonds. The van der Waals surface area contributed by atoms with Gasteiger partial charge in [-0.3, -0.25) is 13.8 Å². The van der Waals surface area contributed by atoms with Gasteiger partial charge < -0.3 is 18.9 Å². The summed E-state index contributed by atoms with van der Waals surface area (Å²) in [5.41, 5.74) is 0. The van der Waals surface area contributed by atoms with Crippen molar-refractivity contribution in [1.82, 2.24) is 0 Å². The summed E-state index contributed by atoms with van der Waals surface area (Å²) in [6, 6.07) is 0. The van der Waals surface area contributed by atoms with E-state index in [1.54, 1.807) is 6.26 Å². The first-order valence-electron chi connectivity index (χ1n) is 21.4. The van der Waals surface area contributed by atoms with Gasteiger partial charge in [0.15, 0.2) is 6.10 Å². The molecule has 0 aliphatic rings. The third-order valence-corrected chi connectivity index (χ3v) is 9.51. The monoisotopic (exact) mass is 791 g/mol. The first-order valence-corrected chi connectivity index (χ1v) is 22.9. The van der Waals surface area contributed by atoms with Crippen LogP contribution in [0, 0.1) is 0 Å². The maximum Gasteiger partial charge on any atom is 0.472 e. The molecule has 0 aliphatic carbocycles. The van der Waals surface area contributed by atoms with Gasteiger partial charge in [0.2, 0.25) is 0 Å². The first kappa shape index (κ1) is 52.5. The number of hydrogen-bond donors (Lipinski definition) is 1. The Kier molecular flexibility index (Phi) is 36.7. The van der Waals surface area contributed by atoms with Crippen molar-refractivity contribution in [1.29, 1.82) is 0 Å². The molecular formula is C46H81NO7P+. The number of rotatable bonds is 38. The molecule has 55 heavy (non-hydrogen) atoms. The van der Waals surface area contributed by atoms with Crippen LogP contribution in [0.1, 0.15) is 149 Å². The first-order chi connectivity index (χ1) is 26.6. The molecule has 0 bridgehead atoms. The number of carbonyl (C=O) groups is 1. The summed E-state index contributed by atoms with van der Waals surface area (Å²) in [6.07, 6.45) is 51.5. The molecule has 1 N–H and O–H groups in total. The Bertz CT molecular complexity index is 1150. The summed E-state index contributed by atoms with van der Waals surface area (Å²) in [6.45, 7) is 4.69. The Morgan fingerprint density at radius 3 is 1.62 bits per heavy atom. The van der Waals surface area contributed by atoms with Gasteiger partial charge in [0.25, 0.3) is 0 Å². The molecular weight excluding hydrogens is 709 g/mol. The van der Waals surface area contributed by atoms with Crippen LogP contribution in [0.4, 0.5) is 0 Å². The van der Waals surface area contributed by atoms with Gasteiger partial charge in [-0.05, 0) is 89.5 Å². The lowest BCUT2D eigenvalue weighted by molar-refractivity contribution is -0.870. The van der Waals surface area contributed by atoms with Crippen LogP contribution in [-0.4, -0.2) is 69.0 Å². The quantitative estimate of drug-likeness (QED) is 0.0166. The number of likely N-dealkylation sites (N-methyl/N-ethyl adjacent to an activating group) is 1. The molecule has 0 aromatic heterocycles. The number of esters is 1. The van der Waals surface area contributed by atoms with Crippen molar-refractivity contribution in [3.05, 3.63) is 85.3 Å². The second-order valence-corrected chi connectivity index (χ2v) is 16.5. The summed E-state index contributed by atoms with van der Waals surface area (Å²) in [5.74, 6) is -0.339. The Labute approximate surface area is 337 Å². The highest BCUT2D eigenvalue weighted by molar-refractivity contribution is 7.47. The van der Waals surface area contributed by atoms with Gasteiger partial charge in [0, 0.05) is 6.42 Å². The molecule has 9 heteroatoms. The van der Waals surface area contributed by atoms with Crippen molar-refractivity contribution in [2.75, 3.05) is 47.5 Å². The van der Waals surface area contributed by atoms with Gasteiger partial charge in [-0.1, -0.05) is 132 Å². The number of phosphoric ester groups is 1. The third kappa shape index (κ3) is 42.5. The lowest BCUT2D eigenvalue weighted by Crippen LogP contribution is -2.37. The van der Waals surface area contributed by atoms with E-state index < -0.39 is 13.9 Å². The van der Waals surface area contributed by atoms with Gasteiger partial charge >= 0.3 is 13.8 Å². The highest BCUT2D eigenvalue weighted by Crippen LogP contribution is 2.43. The van der Waals surface area contributed by atoms with Crippen molar-refractivity contribution in [2.45, 2.75) is 155 Å². The lowest BCUT2D eigenvalue weighted by atomic mass is 10.1. The minimum atomic E-state index is -4.28.